The lowest BCUT2D eigenvalue weighted by molar-refractivity contribution is 0.496. The van der Waals surface area contributed by atoms with Crippen LogP contribution in [-0.4, -0.2) is 28.4 Å². The first kappa shape index (κ1) is 24.3. The summed E-state index contributed by atoms with van der Waals surface area (Å²) in [6.45, 7) is 5.13. The molecule has 0 saturated heterocycles. The fourth-order valence-electron chi connectivity index (χ4n) is 6.15. The van der Waals surface area contributed by atoms with Crippen LogP contribution in [0.2, 0.25) is 0 Å². The van der Waals surface area contributed by atoms with Crippen molar-refractivity contribution in [3.8, 4) is 16.8 Å². The van der Waals surface area contributed by atoms with Crippen molar-refractivity contribution in [1.29, 1.82) is 0 Å². The summed E-state index contributed by atoms with van der Waals surface area (Å²) in [7, 11) is 2.10. The van der Waals surface area contributed by atoms with E-state index in [-0.39, 0.29) is 0 Å². The van der Waals surface area contributed by atoms with Gasteiger partial charge in [-0.05, 0) is 79.8 Å². The highest BCUT2D eigenvalue weighted by molar-refractivity contribution is 5.84. The minimum atomic E-state index is 0.850. The molecule has 0 saturated carbocycles. The Labute approximate surface area is 236 Å². The zero-order valence-corrected chi connectivity index (χ0v) is 23.2. The molecular formula is C35H33N5. The Kier molecular flexibility index (Phi) is 5.93. The molecule has 0 fully saturated rings. The molecule has 1 aromatic heterocycles. The second kappa shape index (κ2) is 9.76. The van der Waals surface area contributed by atoms with Crippen LogP contribution in [0.3, 0.4) is 0 Å². The Hall–Kier alpha value is -4.77. The highest BCUT2D eigenvalue weighted by Crippen LogP contribution is 2.43. The maximum atomic E-state index is 5.02. The molecular weight excluding hydrogens is 490 g/mol. The van der Waals surface area contributed by atoms with E-state index in [0.29, 0.717) is 0 Å². The third-order valence-corrected chi connectivity index (χ3v) is 8.10. The summed E-state index contributed by atoms with van der Waals surface area (Å²) < 4.78 is 2.11. The number of hydrogen-bond donors (Lipinski definition) is 0. The maximum absolute atomic E-state index is 5.02. The Morgan fingerprint density at radius 3 is 2.20 bits per heavy atom. The molecule has 0 bridgehead atoms. The van der Waals surface area contributed by atoms with Crippen molar-refractivity contribution in [2.24, 2.45) is 0 Å². The number of benzene rings is 4. The Morgan fingerprint density at radius 2 is 1.40 bits per heavy atom. The van der Waals surface area contributed by atoms with Crippen molar-refractivity contribution < 1.29 is 0 Å². The monoisotopic (exact) mass is 523 g/mol. The van der Waals surface area contributed by atoms with Crippen LogP contribution in [0.15, 0.2) is 109 Å². The molecule has 5 heteroatoms. The highest BCUT2D eigenvalue weighted by atomic mass is 15.3. The van der Waals surface area contributed by atoms with E-state index < -0.39 is 0 Å². The Bertz CT molecular complexity index is 1730. The lowest BCUT2D eigenvalue weighted by Gasteiger charge is -2.29. The summed E-state index contributed by atoms with van der Waals surface area (Å²) in [6, 6.07) is 35.1. The topological polar surface area (TPSA) is 27.5 Å². The van der Waals surface area contributed by atoms with E-state index in [4.69, 9.17) is 5.10 Å². The molecule has 0 aliphatic carbocycles. The van der Waals surface area contributed by atoms with Crippen LogP contribution >= 0.6 is 0 Å². The molecule has 0 amide bonds. The van der Waals surface area contributed by atoms with Gasteiger partial charge in [-0.2, -0.15) is 5.10 Å². The van der Waals surface area contributed by atoms with Crippen molar-refractivity contribution in [1.82, 2.24) is 14.7 Å². The van der Waals surface area contributed by atoms with Gasteiger partial charge in [-0.25, -0.2) is 4.68 Å². The number of anilines is 4. The average molecular weight is 524 g/mol. The molecule has 3 heterocycles. The molecule has 0 spiro atoms. The number of rotatable bonds is 4. The van der Waals surface area contributed by atoms with Gasteiger partial charge in [0, 0.05) is 47.8 Å². The third kappa shape index (κ3) is 4.15. The normalized spacial score (nSPS) is 14.3. The zero-order chi connectivity index (χ0) is 27.2. The number of para-hydroxylation sites is 1. The standard InChI is InChI=1S/C35H33N5/c1-25-35(29-11-5-4-6-12-29)26(2)40(36-25)32-19-18-28-17-16-27-10-7-8-15-33(27)39(34(28)23-32)31-14-9-13-30(22-31)38-21-20-37(3)24-38/h4-15,18-23H,16-17,24H2,1-3H3. The van der Waals surface area contributed by atoms with E-state index in [2.05, 4.69) is 150 Å². The maximum Gasteiger partial charge on any atom is 0.0938 e. The van der Waals surface area contributed by atoms with Gasteiger partial charge in [-0.15, -0.1) is 0 Å². The summed E-state index contributed by atoms with van der Waals surface area (Å²) in [4.78, 5) is 6.91. The van der Waals surface area contributed by atoms with Crippen molar-refractivity contribution in [2.45, 2.75) is 26.7 Å². The molecule has 4 aromatic carbocycles. The predicted molar refractivity (Wildman–Crippen MR) is 165 cm³/mol. The van der Waals surface area contributed by atoms with Crippen molar-refractivity contribution >= 4 is 22.7 Å². The van der Waals surface area contributed by atoms with Gasteiger partial charge < -0.3 is 14.7 Å². The second-order valence-electron chi connectivity index (χ2n) is 10.8. The van der Waals surface area contributed by atoms with Gasteiger partial charge in [0.15, 0.2) is 0 Å². The number of aromatic nitrogens is 2. The highest BCUT2D eigenvalue weighted by Gasteiger charge is 2.24. The number of fused-ring (bicyclic) bond motifs is 2. The lowest BCUT2D eigenvalue weighted by atomic mass is 10.0. The molecule has 198 valence electrons. The zero-order valence-electron chi connectivity index (χ0n) is 23.2. The summed E-state index contributed by atoms with van der Waals surface area (Å²) in [5.41, 5.74) is 13.2. The number of nitrogens with zero attached hydrogens (tertiary/aromatic N) is 5. The minimum absolute atomic E-state index is 0.850. The van der Waals surface area contributed by atoms with Gasteiger partial charge in [-0.3, -0.25) is 0 Å². The molecule has 0 N–H and O–H groups in total. The van der Waals surface area contributed by atoms with Crippen LogP contribution in [0.25, 0.3) is 16.8 Å². The van der Waals surface area contributed by atoms with Gasteiger partial charge in [0.05, 0.1) is 23.7 Å². The smallest absolute Gasteiger partial charge is 0.0938 e. The van der Waals surface area contributed by atoms with E-state index in [9.17, 15) is 0 Å². The molecule has 0 atom stereocenters. The molecule has 0 unspecified atom stereocenters. The molecule has 2 aliphatic heterocycles. The van der Waals surface area contributed by atoms with E-state index in [1.54, 1.807) is 0 Å². The van der Waals surface area contributed by atoms with Gasteiger partial charge in [0.2, 0.25) is 0 Å². The van der Waals surface area contributed by atoms with Gasteiger partial charge in [-0.1, -0.05) is 60.7 Å². The van der Waals surface area contributed by atoms with Crippen LogP contribution in [-0.2, 0) is 12.8 Å². The van der Waals surface area contributed by atoms with Crippen molar-refractivity contribution in [3.63, 3.8) is 0 Å². The number of aryl methyl sites for hydroxylation is 3. The fourth-order valence-corrected chi connectivity index (χ4v) is 6.15. The Morgan fingerprint density at radius 1 is 0.650 bits per heavy atom. The fraction of sp³-hybridized carbons (Fsp3) is 0.171. The predicted octanol–water partition coefficient (Wildman–Crippen LogP) is 7.91. The van der Waals surface area contributed by atoms with Gasteiger partial charge in [0.1, 0.15) is 0 Å². The van der Waals surface area contributed by atoms with Gasteiger partial charge >= 0.3 is 0 Å². The van der Waals surface area contributed by atoms with Crippen LogP contribution in [0, 0.1) is 13.8 Å². The first-order valence-corrected chi connectivity index (χ1v) is 13.9. The largest absolute Gasteiger partial charge is 0.361 e. The van der Waals surface area contributed by atoms with Gasteiger partial charge in [0.25, 0.3) is 0 Å². The summed E-state index contributed by atoms with van der Waals surface area (Å²) in [6.07, 6.45) is 6.27. The van der Waals surface area contributed by atoms with E-state index in [1.165, 1.54) is 39.3 Å². The van der Waals surface area contributed by atoms with Crippen molar-refractivity contribution in [2.75, 3.05) is 23.5 Å². The van der Waals surface area contributed by atoms with E-state index in [1.807, 2.05) is 0 Å². The second-order valence-corrected chi connectivity index (χ2v) is 10.8. The van der Waals surface area contributed by atoms with Crippen molar-refractivity contribution in [3.05, 3.63) is 132 Å². The average Bonchev–Trinajstić information content (AvgIpc) is 3.50. The molecule has 7 rings (SSSR count). The third-order valence-electron chi connectivity index (χ3n) is 8.10. The minimum Gasteiger partial charge on any atom is -0.361 e. The van der Waals surface area contributed by atoms with Crippen LogP contribution in [0.5, 0.6) is 0 Å². The first-order valence-electron chi connectivity index (χ1n) is 13.9. The number of hydrogen-bond acceptors (Lipinski definition) is 4. The van der Waals surface area contributed by atoms with E-state index >= 15 is 0 Å². The summed E-state index contributed by atoms with van der Waals surface area (Å²) >= 11 is 0. The molecule has 40 heavy (non-hydrogen) atoms. The quantitative estimate of drug-likeness (QED) is 0.239. The Balaban J connectivity index is 1.38. The van der Waals surface area contributed by atoms with Crippen LogP contribution in [0.1, 0.15) is 22.5 Å². The SMILES string of the molecule is Cc1nn(-c2ccc3c(c2)N(c2cccc(N4C=CN(C)C4)c2)c2ccccc2CC3)c(C)c1-c1ccccc1. The molecule has 5 nitrogen and oxygen atoms in total. The van der Waals surface area contributed by atoms with Crippen LogP contribution in [0.4, 0.5) is 22.7 Å². The van der Waals surface area contributed by atoms with Crippen LogP contribution < -0.4 is 9.80 Å². The molecule has 0 radical (unpaired) electrons. The molecule has 2 aliphatic rings. The summed E-state index contributed by atoms with van der Waals surface area (Å²) in [5, 5.41) is 5.02. The lowest BCUT2D eigenvalue weighted by Crippen LogP contribution is -2.22. The first-order chi connectivity index (χ1) is 19.6. The van der Waals surface area contributed by atoms with E-state index in [0.717, 1.165) is 42.3 Å². The molecule has 5 aromatic rings. The summed E-state index contributed by atoms with van der Waals surface area (Å²) in [5.74, 6) is 0.